The largest absolute Gasteiger partial charge is 0.472 e. The van der Waals surface area contributed by atoms with Crippen molar-refractivity contribution in [3.8, 4) is 0 Å². The zero-order valence-electron chi connectivity index (χ0n) is 28.6. The number of likely N-dealkylation sites (tertiary alicyclic amines) is 1. The summed E-state index contributed by atoms with van der Waals surface area (Å²) in [6, 6.07) is 0. The average molecular weight is 649 g/mol. The molecule has 2 atom stereocenters. The smallest absolute Gasteiger partial charge is 0.457 e. The van der Waals surface area contributed by atoms with Crippen molar-refractivity contribution in [3.05, 3.63) is 0 Å². The standard InChI is InChI=1S/C34H66NO8P/c1-4-5-6-7-8-9-10-11-12-13-14-15-16-17-18-22-27-40-30-33(43-34(37)29-32(2)36)31-42-44(38,39)41-28-23-21-26-35(3)24-19-20-25-35/h33H,4-31H2,1-3H3/p+1. The maximum Gasteiger partial charge on any atom is 0.472 e. The summed E-state index contributed by atoms with van der Waals surface area (Å²) in [5, 5.41) is 0. The number of carbonyl (C=O) groups is 2. The number of unbranched alkanes of at least 4 members (excludes halogenated alkanes) is 16. The Kier molecular flexibility index (Phi) is 24.6. The molecular formula is C34H67NO8P+. The van der Waals surface area contributed by atoms with E-state index in [1.807, 2.05) is 0 Å². The van der Waals surface area contributed by atoms with Gasteiger partial charge < -0.3 is 18.9 Å². The second kappa shape index (κ2) is 26.3. The zero-order chi connectivity index (χ0) is 32.4. The average Bonchev–Trinajstić information content (AvgIpc) is 3.40. The Hall–Kier alpha value is -0.830. The van der Waals surface area contributed by atoms with E-state index in [2.05, 4.69) is 14.0 Å². The molecule has 260 valence electrons. The van der Waals surface area contributed by atoms with Crippen molar-refractivity contribution in [2.75, 3.05) is 53.1 Å². The predicted octanol–water partition coefficient (Wildman–Crippen LogP) is 8.31. The van der Waals surface area contributed by atoms with E-state index in [9.17, 15) is 19.0 Å². The van der Waals surface area contributed by atoms with Crippen LogP contribution in [0.4, 0.5) is 0 Å². The third-order valence-corrected chi connectivity index (χ3v) is 9.54. The van der Waals surface area contributed by atoms with Crippen LogP contribution in [-0.4, -0.2) is 80.3 Å². The number of esters is 1. The van der Waals surface area contributed by atoms with Gasteiger partial charge in [-0.1, -0.05) is 103 Å². The van der Waals surface area contributed by atoms with E-state index in [0.717, 1.165) is 30.3 Å². The van der Waals surface area contributed by atoms with Gasteiger partial charge in [-0.2, -0.15) is 0 Å². The molecule has 2 unspecified atom stereocenters. The minimum absolute atomic E-state index is 0.0267. The third kappa shape index (κ3) is 24.4. The summed E-state index contributed by atoms with van der Waals surface area (Å²) in [6.07, 6.45) is 23.6. The van der Waals surface area contributed by atoms with Gasteiger partial charge in [0.25, 0.3) is 0 Å². The maximum absolute atomic E-state index is 12.4. The number of carbonyl (C=O) groups excluding carboxylic acids is 2. The van der Waals surface area contributed by atoms with Crippen molar-refractivity contribution in [2.45, 2.75) is 155 Å². The van der Waals surface area contributed by atoms with Crippen molar-refractivity contribution in [3.63, 3.8) is 0 Å². The molecule has 0 bridgehead atoms. The highest BCUT2D eigenvalue weighted by molar-refractivity contribution is 7.47. The fourth-order valence-electron chi connectivity index (χ4n) is 5.83. The first-order valence-electron chi connectivity index (χ1n) is 17.9. The first kappa shape index (κ1) is 41.2. The number of quaternary nitrogens is 1. The van der Waals surface area contributed by atoms with Crippen LogP contribution in [0.15, 0.2) is 0 Å². The highest BCUT2D eigenvalue weighted by atomic mass is 31.2. The van der Waals surface area contributed by atoms with Crippen LogP contribution in [0.1, 0.15) is 149 Å². The molecule has 1 fully saturated rings. The summed E-state index contributed by atoms with van der Waals surface area (Å²) in [6.45, 7) is 7.29. The van der Waals surface area contributed by atoms with Gasteiger partial charge in [0.2, 0.25) is 0 Å². The van der Waals surface area contributed by atoms with E-state index in [1.54, 1.807) is 0 Å². The summed E-state index contributed by atoms with van der Waals surface area (Å²) in [7, 11) is -2.04. The molecule has 0 aromatic heterocycles. The van der Waals surface area contributed by atoms with Crippen molar-refractivity contribution in [1.29, 1.82) is 0 Å². The molecule has 1 aliphatic heterocycles. The monoisotopic (exact) mass is 648 g/mol. The van der Waals surface area contributed by atoms with Crippen LogP contribution >= 0.6 is 7.82 Å². The molecule has 1 saturated heterocycles. The molecule has 0 radical (unpaired) electrons. The highest BCUT2D eigenvalue weighted by Crippen LogP contribution is 2.43. The number of hydrogen-bond acceptors (Lipinski definition) is 7. The number of phosphoric acid groups is 1. The topological polar surface area (TPSA) is 108 Å². The van der Waals surface area contributed by atoms with Crippen LogP contribution in [0, 0.1) is 0 Å². The molecule has 0 aromatic rings. The van der Waals surface area contributed by atoms with Gasteiger partial charge in [-0.05, 0) is 26.2 Å². The van der Waals surface area contributed by atoms with E-state index in [1.165, 1.54) is 123 Å². The summed E-state index contributed by atoms with van der Waals surface area (Å²) < 4.78 is 34.7. The van der Waals surface area contributed by atoms with Gasteiger partial charge in [-0.15, -0.1) is 0 Å². The van der Waals surface area contributed by atoms with Gasteiger partial charge in [0.1, 0.15) is 18.3 Å². The Morgan fingerprint density at radius 3 is 1.75 bits per heavy atom. The van der Waals surface area contributed by atoms with Crippen LogP contribution in [0.3, 0.4) is 0 Å². The quantitative estimate of drug-likeness (QED) is 0.0263. The minimum atomic E-state index is -4.30. The molecule has 0 amide bonds. The second-order valence-corrected chi connectivity index (χ2v) is 14.6. The summed E-state index contributed by atoms with van der Waals surface area (Å²) in [5.41, 5.74) is 0. The Balaban J connectivity index is 2.13. The zero-order valence-corrected chi connectivity index (χ0v) is 29.5. The SMILES string of the molecule is CCCCCCCCCCCCCCCCCCOCC(COP(=O)(O)OCCCC[N+]1(C)CCCC1)OC(=O)CC(C)=O. The minimum Gasteiger partial charge on any atom is -0.457 e. The van der Waals surface area contributed by atoms with Gasteiger partial charge in [0, 0.05) is 19.4 Å². The van der Waals surface area contributed by atoms with Crippen LogP contribution in [0.25, 0.3) is 0 Å². The normalized spacial score (nSPS) is 16.5. The lowest BCUT2D eigenvalue weighted by Gasteiger charge is -2.29. The lowest BCUT2D eigenvalue weighted by atomic mass is 10.0. The van der Waals surface area contributed by atoms with Crippen molar-refractivity contribution < 1.29 is 42.1 Å². The highest BCUT2D eigenvalue weighted by Gasteiger charge is 2.27. The van der Waals surface area contributed by atoms with E-state index in [-0.39, 0.29) is 32.0 Å². The second-order valence-electron chi connectivity index (χ2n) is 13.2. The van der Waals surface area contributed by atoms with E-state index >= 15 is 0 Å². The maximum atomic E-state index is 12.4. The molecule has 1 N–H and O–H groups in total. The van der Waals surface area contributed by atoms with Gasteiger partial charge in [0.15, 0.2) is 0 Å². The predicted molar refractivity (Wildman–Crippen MR) is 177 cm³/mol. The molecule has 0 aliphatic carbocycles. The number of ether oxygens (including phenoxy) is 2. The number of hydrogen-bond donors (Lipinski definition) is 1. The molecule has 1 aliphatic rings. The van der Waals surface area contributed by atoms with Gasteiger partial charge in [-0.25, -0.2) is 4.57 Å². The van der Waals surface area contributed by atoms with Crippen molar-refractivity contribution in [2.24, 2.45) is 0 Å². The van der Waals surface area contributed by atoms with Gasteiger partial charge >= 0.3 is 13.8 Å². The first-order valence-corrected chi connectivity index (χ1v) is 19.4. The third-order valence-electron chi connectivity index (χ3n) is 8.55. The fraction of sp³-hybridized carbons (Fsp3) is 0.941. The van der Waals surface area contributed by atoms with E-state index in [0.29, 0.717) is 13.0 Å². The van der Waals surface area contributed by atoms with E-state index in [4.69, 9.17) is 18.5 Å². The van der Waals surface area contributed by atoms with Crippen LogP contribution in [-0.2, 0) is 32.7 Å². The molecule has 1 heterocycles. The number of phosphoric ester groups is 1. The first-order chi connectivity index (χ1) is 21.2. The Labute approximate surface area is 269 Å². The van der Waals surface area contributed by atoms with Crippen LogP contribution < -0.4 is 0 Å². The Morgan fingerprint density at radius 2 is 1.23 bits per heavy atom. The van der Waals surface area contributed by atoms with Crippen molar-refractivity contribution >= 4 is 19.6 Å². The molecule has 10 heteroatoms. The number of Topliss-reactive ketones (excluding diaryl/α,β-unsaturated/α-hetero) is 1. The lowest BCUT2D eigenvalue weighted by molar-refractivity contribution is -0.897. The van der Waals surface area contributed by atoms with E-state index < -0.39 is 19.9 Å². The molecule has 44 heavy (non-hydrogen) atoms. The molecule has 0 spiro atoms. The van der Waals surface area contributed by atoms with Gasteiger partial charge in [-0.3, -0.25) is 18.6 Å². The molecule has 9 nitrogen and oxygen atoms in total. The molecule has 0 saturated carbocycles. The van der Waals surface area contributed by atoms with Crippen LogP contribution in [0.5, 0.6) is 0 Å². The Bertz CT molecular complexity index is 774. The summed E-state index contributed by atoms with van der Waals surface area (Å²) in [4.78, 5) is 33.4. The van der Waals surface area contributed by atoms with Crippen molar-refractivity contribution in [1.82, 2.24) is 0 Å². The number of rotatable bonds is 31. The molecule has 0 aromatic carbocycles. The fourth-order valence-corrected chi connectivity index (χ4v) is 6.62. The summed E-state index contributed by atoms with van der Waals surface area (Å²) >= 11 is 0. The van der Waals surface area contributed by atoms with Gasteiger partial charge in [0.05, 0.1) is 46.5 Å². The molecular weight excluding hydrogens is 581 g/mol. The molecule has 1 rings (SSSR count). The number of ketones is 1. The summed E-state index contributed by atoms with van der Waals surface area (Å²) in [5.74, 6) is -1.02. The number of nitrogens with zero attached hydrogens (tertiary/aromatic N) is 1. The van der Waals surface area contributed by atoms with Crippen LogP contribution in [0.2, 0.25) is 0 Å². The lowest BCUT2D eigenvalue weighted by Crippen LogP contribution is -2.41. The Morgan fingerprint density at radius 1 is 0.727 bits per heavy atom.